The molecular formula is C21H27N3O5S. The van der Waals surface area contributed by atoms with E-state index in [0.29, 0.717) is 18.0 Å². The van der Waals surface area contributed by atoms with Crippen molar-refractivity contribution < 1.29 is 22.7 Å². The maximum Gasteiger partial charge on any atom is 0.328 e. The van der Waals surface area contributed by atoms with Gasteiger partial charge in [-0.15, -0.1) is 0 Å². The molecule has 3 N–H and O–H groups in total. The van der Waals surface area contributed by atoms with Crippen LogP contribution >= 0.6 is 0 Å². The predicted molar refractivity (Wildman–Crippen MR) is 115 cm³/mol. The number of nitrogens with one attached hydrogen (secondary N) is 3. The molecule has 0 spiro atoms. The molecule has 2 aromatic rings. The highest BCUT2D eigenvalue weighted by molar-refractivity contribution is 7.90. The number of ether oxygens (including phenoxy) is 1. The molecule has 2 rings (SSSR count). The van der Waals surface area contributed by atoms with E-state index in [2.05, 4.69) is 10.6 Å². The maximum atomic E-state index is 12.3. The van der Waals surface area contributed by atoms with Crippen LogP contribution < -0.4 is 20.1 Å². The van der Waals surface area contributed by atoms with Gasteiger partial charge in [-0.05, 0) is 55.7 Å². The van der Waals surface area contributed by atoms with Crippen molar-refractivity contribution >= 4 is 27.6 Å². The van der Waals surface area contributed by atoms with E-state index < -0.39 is 16.1 Å². The Kier molecular flexibility index (Phi) is 8.23. The molecule has 0 atom stereocenters. The number of benzene rings is 2. The number of urea groups is 1. The zero-order valence-electron chi connectivity index (χ0n) is 17.3. The Hall–Kier alpha value is -3.07. The van der Waals surface area contributed by atoms with E-state index in [1.807, 2.05) is 43.7 Å². The molecule has 3 amide bonds. The van der Waals surface area contributed by atoms with Gasteiger partial charge in [0.05, 0.1) is 4.90 Å². The fourth-order valence-corrected chi connectivity index (χ4v) is 3.60. The average molecular weight is 434 g/mol. The van der Waals surface area contributed by atoms with Crippen LogP contribution in [-0.2, 0) is 14.8 Å². The van der Waals surface area contributed by atoms with Crippen LogP contribution in [0.3, 0.4) is 0 Å². The van der Waals surface area contributed by atoms with E-state index in [-0.39, 0.29) is 17.4 Å². The highest BCUT2D eigenvalue weighted by Crippen LogP contribution is 2.22. The van der Waals surface area contributed by atoms with Gasteiger partial charge >= 0.3 is 6.03 Å². The molecule has 9 heteroatoms. The summed E-state index contributed by atoms with van der Waals surface area (Å²) in [7, 11) is -4.00. The number of hydrogen-bond donors (Lipinski definition) is 3. The van der Waals surface area contributed by atoms with E-state index in [1.54, 1.807) is 0 Å². The van der Waals surface area contributed by atoms with Crippen LogP contribution in [0.4, 0.5) is 10.5 Å². The normalized spacial score (nSPS) is 10.9. The molecule has 0 heterocycles. The van der Waals surface area contributed by atoms with E-state index in [0.717, 1.165) is 24.0 Å². The summed E-state index contributed by atoms with van der Waals surface area (Å²) in [5, 5.41) is 5.13. The van der Waals surface area contributed by atoms with Crippen molar-refractivity contribution in [1.82, 2.24) is 10.0 Å². The van der Waals surface area contributed by atoms with Crippen molar-refractivity contribution in [2.75, 3.05) is 18.5 Å². The Morgan fingerprint density at radius 1 is 1.00 bits per heavy atom. The van der Waals surface area contributed by atoms with Crippen molar-refractivity contribution in [2.45, 2.75) is 38.5 Å². The van der Waals surface area contributed by atoms with Gasteiger partial charge in [-0.25, -0.2) is 17.9 Å². The molecule has 0 radical (unpaired) electrons. The highest BCUT2D eigenvalue weighted by atomic mass is 32.2. The van der Waals surface area contributed by atoms with Gasteiger partial charge in [0.2, 0.25) is 0 Å². The van der Waals surface area contributed by atoms with Crippen molar-refractivity contribution in [1.29, 1.82) is 0 Å². The number of anilines is 1. The Bertz CT molecular complexity index is 968. The number of carbonyl (C=O) groups is 2. The van der Waals surface area contributed by atoms with Crippen LogP contribution in [0.15, 0.2) is 47.4 Å². The largest absolute Gasteiger partial charge is 0.483 e. The third-order valence-electron chi connectivity index (χ3n) is 4.25. The molecule has 0 bridgehead atoms. The molecule has 0 aliphatic carbocycles. The van der Waals surface area contributed by atoms with E-state index in [1.165, 1.54) is 24.3 Å². The van der Waals surface area contributed by atoms with Gasteiger partial charge in [-0.1, -0.05) is 31.5 Å². The summed E-state index contributed by atoms with van der Waals surface area (Å²) in [6.45, 7) is 5.99. The predicted octanol–water partition coefficient (Wildman–Crippen LogP) is 3.11. The SMILES string of the molecule is CCCCNC(=O)NS(=O)(=O)c1ccc(NC(=O)COc2c(C)cccc2C)cc1. The Labute approximate surface area is 177 Å². The average Bonchev–Trinajstić information content (AvgIpc) is 2.68. The molecule has 0 aliphatic rings. The van der Waals surface area contributed by atoms with E-state index >= 15 is 0 Å². The second kappa shape index (κ2) is 10.6. The third kappa shape index (κ3) is 6.77. The summed E-state index contributed by atoms with van der Waals surface area (Å²) in [4.78, 5) is 23.7. The number of unbranched alkanes of at least 4 members (excludes halogenated alkanes) is 1. The number of para-hydroxylation sites is 1. The molecule has 0 fully saturated rings. The summed E-state index contributed by atoms with van der Waals surface area (Å²) in [6.07, 6.45) is 1.64. The Balaban J connectivity index is 1.92. The molecule has 8 nitrogen and oxygen atoms in total. The molecule has 30 heavy (non-hydrogen) atoms. The zero-order valence-corrected chi connectivity index (χ0v) is 18.1. The summed E-state index contributed by atoms with van der Waals surface area (Å²) in [6, 6.07) is 10.4. The first-order valence-corrected chi connectivity index (χ1v) is 11.1. The number of rotatable bonds is 9. The zero-order chi connectivity index (χ0) is 22.1. The second-order valence-electron chi connectivity index (χ2n) is 6.80. The van der Waals surface area contributed by atoms with Gasteiger partial charge in [0, 0.05) is 12.2 Å². The standard InChI is InChI=1S/C21H27N3O5S/c1-4-5-13-22-21(26)24-30(27,28)18-11-9-17(10-12-18)23-19(25)14-29-20-15(2)7-6-8-16(20)3/h6-12H,4-5,13-14H2,1-3H3,(H,23,25)(H2,22,24,26). The van der Waals surface area contributed by atoms with Crippen LogP contribution in [0.25, 0.3) is 0 Å². The molecule has 0 saturated heterocycles. The van der Waals surface area contributed by atoms with Crippen LogP contribution in [-0.4, -0.2) is 33.5 Å². The first-order chi connectivity index (χ1) is 14.2. The van der Waals surface area contributed by atoms with E-state index in [4.69, 9.17) is 4.74 Å². The molecule has 0 aromatic heterocycles. The number of carbonyl (C=O) groups excluding carboxylic acids is 2. The van der Waals surface area contributed by atoms with Crippen molar-refractivity contribution in [2.24, 2.45) is 0 Å². The summed E-state index contributed by atoms with van der Waals surface area (Å²) in [5.41, 5.74) is 2.28. The molecule has 2 aromatic carbocycles. The summed E-state index contributed by atoms with van der Waals surface area (Å²) in [5.74, 6) is 0.291. The monoisotopic (exact) mass is 433 g/mol. The molecule has 0 saturated carbocycles. The van der Waals surface area contributed by atoms with Gasteiger partial charge in [-0.3, -0.25) is 4.79 Å². The van der Waals surface area contributed by atoms with E-state index in [9.17, 15) is 18.0 Å². The highest BCUT2D eigenvalue weighted by Gasteiger charge is 2.17. The lowest BCUT2D eigenvalue weighted by atomic mass is 10.1. The van der Waals surface area contributed by atoms with Crippen LogP contribution in [0.1, 0.15) is 30.9 Å². The molecule has 0 unspecified atom stereocenters. The van der Waals surface area contributed by atoms with Crippen molar-refractivity contribution in [3.05, 3.63) is 53.6 Å². The first kappa shape index (κ1) is 23.2. The molecule has 0 aliphatic heterocycles. The number of aryl methyl sites for hydroxylation is 2. The summed E-state index contributed by atoms with van der Waals surface area (Å²) < 4.78 is 32.1. The van der Waals surface area contributed by atoms with Crippen LogP contribution in [0.2, 0.25) is 0 Å². The van der Waals surface area contributed by atoms with Gasteiger partial charge in [0.1, 0.15) is 5.75 Å². The Morgan fingerprint density at radius 2 is 1.63 bits per heavy atom. The van der Waals surface area contributed by atoms with Gasteiger partial charge < -0.3 is 15.4 Å². The van der Waals surface area contributed by atoms with Crippen LogP contribution in [0, 0.1) is 13.8 Å². The lowest BCUT2D eigenvalue weighted by molar-refractivity contribution is -0.118. The minimum atomic E-state index is -4.00. The maximum absolute atomic E-state index is 12.3. The van der Waals surface area contributed by atoms with Crippen molar-refractivity contribution in [3.8, 4) is 5.75 Å². The fraction of sp³-hybridized carbons (Fsp3) is 0.333. The van der Waals surface area contributed by atoms with Gasteiger partial charge in [-0.2, -0.15) is 0 Å². The van der Waals surface area contributed by atoms with Crippen LogP contribution in [0.5, 0.6) is 5.75 Å². The van der Waals surface area contributed by atoms with Gasteiger partial charge in [0.25, 0.3) is 15.9 Å². The fourth-order valence-electron chi connectivity index (χ4n) is 2.67. The number of hydrogen-bond acceptors (Lipinski definition) is 5. The van der Waals surface area contributed by atoms with Crippen molar-refractivity contribution in [3.63, 3.8) is 0 Å². The first-order valence-electron chi connectivity index (χ1n) is 9.62. The number of sulfonamides is 1. The molecule has 162 valence electrons. The van der Waals surface area contributed by atoms with Gasteiger partial charge in [0.15, 0.2) is 6.61 Å². The quantitative estimate of drug-likeness (QED) is 0.526. The summed E-state index contributed by atoms with van der Waals surface area (Å²) >= 11 is 0. The minimum Gasteiger partial charge on any atom is -0.483 e. The molecular weight excluding hydrogens is 406 g/mol. The number of amides is 3. The lowest BCUT2D eigenvalue weighted by Gasteiger charge is -2.12. The second-order valence-corrected chi connectivity index (χ2v) is 8.48. The smallest absolute Gasteiger partial charge is 0.328 e. The minimum absolute atomic E-state index is 0.0853. The topological polar surface area (TPSA) is 114 Å². The Morgan fingerprint density at radius 3 is 2.23 bits per heavy atom. The lowest BCUT2D eigenvalue weighted by Crippen LogP contribution is -2.39. The third-order valence-corrected chi connectivity index (χ3v) is 5.59.